The van der Waals surface area contributed by atoms with Crippen molar-refractivity contribution in [2.75, 3.05) is 10.9 Å². The predicted octanol–water partition coefficient (Wildman–Crippen LogP) is 6.60. The van der Waals surface area contributed by atoms with Gasteiger partial charge in [-0.05, 0) is 42.0 Å². The summed E-state index contributed by atoms with van der Waals surface area (Å²) in [7, 11) is 0. The van der Waals surface area contributed by atoms with Crippen molar-refractivity contribution >= 4 is 34.8 Å². The summed E-state index contributed by atoms with van der Waals surface area (Å²) in [5.41, 5.74) is 9.73. The summed E-state index contributed by atoms with van der Waals surface area (Å²) in [5, 5.41) is 28.0. The number of rotatable bonds is 8. The maximum absolute atomic E-state index is 10.9. The van der Waals surface area contributed by atoms with Crippen molar-refractivity contribution < 1.29 is 4.92 Å². The number of non-ortho nitro benzene ring substituents is 1. The van der Waals surface area contributed by atoms with Crippen molar-refractivity contribution in [1.82, 2.24) is 0 Å². The molecule has 0 saturated heterocycles. The number of para-hydroxylation sites is 2. The average molecular weight is 464 g/mol. The molecule has 0 atom stereocenters. The lowest BCUT2D eigenvalue weighted by Crippen LogP contribution is -2.01. The minimum Gasteiger partial charge on any atom is -0.279 e. The van der Waals surface area contributed by atoms with Crippen LogP contribution in [0.4, 0.5) is 22.7 Å². The van der Waals surface area contributed by atoms with E-state index < -0.39 is 4.92 Å². The third-order valence-corrected chi connectivity index (χ3v) is 4.74. The van der Waals surface area contributed by atoms with Crippen LogP contribution in [-0.2, 0) is 0 Å². The van der Waals surface area contributed by atoms with E-state index in [-0.39, 0.29) is 5.69 Å². The molecule has 0 spiro atoms. The van der Waals surface area contributed by atoms with Crippen LogP contribution in [0.15, 0.2) is 130 Å². The molecule has 35 heavy (non-hydrogen) atoms. The van der Waals surface area contributed by atoms with Gasteiger partial charge in [0.25, 0.3) is 5.69 Å². The minimum atomic E-state index is -0.460. The van der Waals surface area contributed by atoms with Crippen molar-refractivity contribution in [3.8, 4) is 0 Å². The lowest BCUT2D eigenvalue weighted by atomic mass is 10.1. The fourth-order valence-corrected chi connectivity index (χ4v) is 2.93. The van der Waals surface area contributed by atoms with Crippen molar-refractivity contribution in [3.63, 3.8) is 0 Å². The fourth-order valence-electron chi connectivity index (χ4n) is 2.93. The molecule has 172 valence electrons. The molecule has 0 heterocycles. The van der Waals surface area contributed by atoms with Crippen LogP contribution in [0, 0.1) is 10.1 Å². The van der Waals surface area contributed by atoms with Gasteiger partial charge in [-0.25, -0.2) is 0 Å². The van der Waals surface area contributed by atoms with Crippen LogP contribution >= 0.6 is 0 Å². The second kappa shape index (κ2) is 11.6. The summed E-state index contributed by atoms with van der Waals surface area (Å²) in [5.74, 6) is 0.345. The molecule has 0 bridgehead atoms. The Balaban J connectivity index is 1.52. The van der Waals surface area contributed by atoms with Crippen LogP contribution in [0.1, 0.15) is 11.1 Å². The standard InChI is InChI=1S/C26H21N7O2/c34-33(35)25-17-15-24(16-18-25)30-32-26(31-29-23-9-5-2-6-10-23)21-13-11-20(12-14-21)19-27-28-22-7-3-1-4-8-22/h1-19,28-29H/b27-19+,31-26+,32-30?. The molecule has 0 aromatic heterocycles. The first kappa shape index (κ1) is 23.0. The van der Waals surface area contributed by atoms with Crippen LogP contribution in [0.3, 0.4) is 0 Å². The zero-order valence-corrected chi connectivity index (χ0v) is 18.5. The molecular weight excluding hydrogens is 442 g/mol. The number of anilines is 2. The van der Waals surface area contributed by atoms with E-state index in [1.54, 1.807) is 6.21 Å². The van der Waals surface area contributed by atoms with Gasteiger partial charge in [-0.2, -0.15) is 10.2 Å². The van der Waals surface area contributed by atoms with Gasteiger partial charge >= 0.3 is 0 Å². The average Bonchev–Trinajstić information content (AvgIpc) is 2.91. The van der Waals surface area contributed by atoms with E-state index in [0.717, 1.165) is 22.5 Å². The smallest absolute Gasteiger partial charge is 0.269 e. The Hall–Kier alpha value is -5.18. The van der Waals surface area contributed by atoms with E-state index in [4.69, 9.17) is 0 Å². The van der Waals surface area contributed by atoms with Gasteiger partial charge in [0.05, 0.1) is 28.2 Å². The normalized spacial score (nSPS) is 11.6. The third kappa shape index (κ3) is 6.90. The first-order valence-electron chi connectivity index (χ1n) is 10.7. The molecule has 0 amide bonds. The molecule has 0 unspecified atom stereocenters. The topological polar surface area (TPSA) is 117 Å². The number of nitro benzene ring substituents is 1. The lowest BCUT2D eigenvalue weighted by Gasteiger charge is -2.04. The molecule has 0 aliphatic carbocycles. The molecule has 4 aromatic rings. The first-order chi connectivity index (χ1) is 17.2. The molecular formula is C26H21N7O2. The van der Waals surface area contributed by atoms with E-state index in [2.05, 4.69) is 31.3 Å². The van der Waals surface area contributed by atoms with Crippen LogP contribution in [0.2, 0.25) is 0 Å². The Morgan fingerprint density at radius 3 is 1.94 bits per heavy atom. The number of hydrazone groups is 2. The van der Waals surface area contributed by atoms with Gasteiger partial charge in [0.1, 0.15) is 0 Å². The Morgan fingerprint density at radius 1 is 0.743 bits per heavy atom. The maximum Gasteiger partial charge on any atom is 0.269 e. The Bertz CT molecular complexity index is 1340. The van der Waals surface area contributed by atoms with E-state index in [1.165, 1.54) is 24.3 Å². The number of benzene rings is 4. The van der Waals surface area contributed by atoms with E-state index in [9.17, 15) is 10.1 Å². The molecule has 0 aliphatic rings. The highest BCUT2D eigenvalue weighted by molar-refractivity contribution is 6.00. The Kier molecular flexibility index (Phi) is 7.63. The lowest BCUT2D eigenvalue weighted by molar-refractivity contribution is -0.384. The van der Waals surface area contributed by atoms with Gasteiger partial charge in [-0.3, -0.25) is 21.0 Å². The molecule has 0 aliphatic heterocycles. The van der Waals surface area contributed by atoms with Crippen molar-refractivity contribution in [1.29, 1.82) is 0 Å². The van der Waals surface area contributed by atoms with E-state index in [1.807, 2.05) is 84.9 Å². The maximum atomic E-state index is 10.9. The fraction of sp³-hybridized carbons (Fsp3) is 0. The number of hydrogen-bond acceptors (Lipinski definition) is 7. The van der Waals surface area contributed by atoms with Crippen molar-refractivity contribution in [2.45, 2.75) is 0 Å². The van der Waals surface area contributed by atoms with Crippen LogP contribution in [0.5, 0.6) is 0 Å². The largest absolute Gasteiger partial charge is 0.279 e. The number of amidine groups is 1. The third-order valence-electron chi connectivity index (χ3n) is 4.74. The van der Waals surface area contributed by atoms with Gasteiger partial charge in [0, 0.05) is 17.7 Å². The zero-order chi connectivity index (χ0) is 24.3. The molecule has 0 saturated carbocycles. The number of azo groups is 1. The quantitative estimate of drug-likeness (QED) is 0.101. The minimum absolute atomic E-state index is 0.0115. The highest BCUT2D eigenvalue weighted by Crippen LogP contribution is 2.19. The number of hydrogen-bond donors (Lipinski definition) is 2. The first-order valence-corrected chi connectivity index (χ1v) is 10.7. The summed E-state index contributed by atoms with van der Waals surface area (Å²) in [4.78, 5) is 10.4. The second-order valence-corrected chi connectivity index (χ2v) is 7.24. The Labute approximate surface area is 201 Å². The van der Waals surface area contributed by atoms with Crippen LogP contribution in [-0.4, -0.2) is 17.0 Å². The summed E-state index contributed by atoms with van der Waals surface area (Å²) >= 11 is 0. The molecule has 4 rings (SSSR count). The Morgan fingerprint density at radius 2 is 1.34 bits per heavy atom. The van der Waals surface area contributed by atoms with Gasteiger partial charge in [-0.1, -0.05) is 60.7 Å². The highest BCUT2D eigenvalue weighted by atomic mass is 16.6. The molecule has 4 aromatic carbocycles. The second-order valence-electron chi connectivity index (χ2n) is 7.24. The number of nitro groups is 1. The molecule has 0 radical (unpaired) electrons. The van der Waals surface area contributed by atoms with E-state index in [0.29, 0.717) is 11.5 Å². The van der Waals surface area contributed by atoms with Gasteiger partial charge in [0.2, 0.25) is 5.84 Å². The SMILES string of the molecule is O=[N+]([O-])c1ccc(N=N/C(=N/Nc2ccccc2)c2ccc(/C=N/Nc3ccccc3)cc2)cc1. The zero-order valence-electron chi connectivity index (χ0n) is 18.5. The number of nitrogens with zero attached hydrogens (tertiary/aromatic N) is 5. The monoisotopic (exact) mass is 463 g/mol. The van der Waals surface area contributed by atoms with Gasteiger partial charge in [-0.15, -0.1) is 10.2 Å². The summed E-state index contributed by atoms with van der Waals surface area (Å²) < 4.78 is 0. The van der Waals surface area contributed by atoms with Crippen LogP contribution in [0.25, 0.3) is 0 Å². The summed E-state index contributed by atoms with van der Waals surface area (Å²) in [6.45, 7) is 0. The predicted molar refractivity (Wildman–Crippen MR) is 138 cm³/mol. The van der Waals surface area contributed by atoms with Gasteiger partial charge < -0.3 is 0 Å². The van der Waals surface area contributed by atoms with Crippen molar-refractivity contribution in [3.05, 3.63) is 130 Å². The highest BCUT2D eigenvalue weighted by Gasteiger charge is 2.06. The summed E-state index contributed by atoms with van der Waals surface area (Å²) in [6, 6.07) is 32.5. The molecule has 0 fully saturated rings. The van der Waals surface area contributed by atoms with Crippen LogP contribution < -0.4 is 10.9 Å². The van der Waals surface area contributed by atoms with E-state index >= 15 is 0 Å². The van der Waals surface area contributed by atoms with Crippen molar-refractivity contribution in [2.24, 2.45) is 20.4 Å². The molecule has 9 nitrogen and oxygen atoms in total. The van der Waals surface area contributed by atoms with Gasteiger partial charge in [0.15, 0.2) is 0 Å². The number of nitrogens with one attached hydrogen (secondary N) is 2. The molecule has 2 N–H and O–H groups in total. The summed E-state index contributed by atoms with van der Waals surface area (Å²) in [6.07, 6.45) is 1.72. The molecule has 9 heteroatoms.